The van der Waals surface area contributed by atoms with Crippen molar-refractivity contribution >= 4 is 23.6 Å². The Morgan fingerprint density at radius 1 is 1.46 bits per heavy atom. The molecular weight excluding hydrogens is 196 g/mol. The molecule has 76 valence electrons. The molecule has 0 saturated heterocycles. The first-order chi connectivity index (χ1) is 5.90. The first-order valence-corrected chi connectivity index (χ1v) is 4.29. The van der Waals surface area contributed by atoms with Gasteiger partial charge in [0.15, 0.2) is 0 Å². The maximum absolute atomic E-state index is 11.0. The molecule has 0 unspecified atom stereocenters. The van der Waals surface area contributed by atoms with Crippen molar-refractivity contribution in [3.8, 4) is 0 Å². The van der Waals surface area contributed by atoms with E-state index in [1.807, 2.05) is 0 Å². The molecule has 0 aromatic heterocycles. The fourth-order valence-corrected chi connectivity index (χ4v) is 0.637. The van der Waals surface area contributed by atoms with Gasteiger partial charge in [-0.15, -0.1) is 11.6 Å². The lowest BCUT2D eigenvalue weighted by Crippen LogP contribution is -2.53. The zero-order chi connectivity index (χ0) is 10.5. The average molecular weight is 209 g/mol. The second-order valence-corrected chi connectivity index (χ2v) is 3.38. The van der Waals surface area contributed by atoms with E-state index < -0.39 is 17.5 Å². The third kappa shape index (κ3) is 4.57. The fourth-order valence-electron chi connectivity index (χ4n) is 0.542. The normalized spacial score (nSPS) is 10.7. The number of nitrogens with one attached hydrogen (secondary N) is 2. The van der Waals surface area contributed by atoms with Gasteiger partial charge in [0.1, 0.15) is 5.54 Å². The number of carbonyl (C=O) groups is 2. The van der Waals surface area contributed by atoms with Gasteiger partial charge in [0.2, 0.25) is 0 Å². The molecule has 2 amide bonds. The third-order valence-corrected chi connectivity index (χ3v) is 1.53. The summed E-state index contributed by atoms with van der Waals surface area (Å²) >= 11 is 5.32. The highest BCUT2D eigenvalue weighted by Crippen LogP contribution is 2.00. The summed E-state index contributed by atoms with van der Waals surface area (Å²) in [4.78, 5) is 21.5. The lowest BCUT2D eigenvalue weighted by molar-refractivity contribution is -0.142. The molecule has 13 heavy (non-hydrogen) atoms. The number of rotatable bonds is 4. The summed E-state index contributed by atoms with van der Waals surface area (Å²) in [6.07, 6.45) is 0. The Kier molecular flexibility index (Phi) is 4.55. The second kappa shape index (κ2) is 4.91. The van der Waals surface area contributed by atoms with Crippen LogP contribution in [0.3, 0.4) is 0 Å². The van der Waals surface area contributed by atoms with Gasteiger partial charge >= 0.3 is 12.0 Å². The Morgan fingerprint density at radius 3 is 2.38 bits per heavy atom. The van der Waals surface area contributed by atoms with Crippen molar-refractivity contribution in [2.45, 2.75) is 19.4 Å². The third-order valence-electron chi connectivity index (χ3n) is 1.34. The number of hydrogen-bond donors (Lipinski definition) is 3. The van der Waals surface area contributed by atoms with Crippen LogP contribution >= 0.6 is 11.6 Å². The van der Waals surface area contributed by atoms with Crippen LogP contribution in [0.1, 0.15) is 13.8 Å². The summed E-state index contributed by atoms with van der Waals surface area (Å²) < 4.78 is 0. The number of carboxylic acid groups (broad SMARTS) is 1. The van der Waals surface area contributed by atoms with Crippen molar-refractivity contribution in [3.05, 3.63) is 0 Å². The number of aliphatic carboxylic acids is 1. The Hall–Kier alpha value is -0.970. The number of hydrogen-bond acceptors (Lipinski definition) is 2. The van der Waals surface area contributed by atoms with Gasteiger partial charge in [-0.05, 0) is 13.8 Å². The number of carboxylic acids is 1. The van der Waals surface area contributed by atoms with E-state index in [1.54, 1.807) is 0 Å². The van der Waals surface area contributed by atoms with E-state index in [2.05, 4.69) is 10.6 Å². The van der Waals surface area contributed by atoms with E-state index in [4.69, 9.17) is 16.7 Å². The van der Waals surface area contributed by atoms with Crippen LogP contribution in [0, 0.1) is 0 Å². The van der Waals surface area contributed by atoms with E-state index in [-0.39, 0.29) is 0 Å². The SMILES string of the molecule is CC(C)(NC(=O)NCCCl)C(=O)O. The van der Waals surface area contributed by atoms with Crippen LogP contribution in [-0.2, 0) is 4.79 Å². The molecule has 3 N–H and O–H groups in total. The van der Waals surface area contributed by atoms with Crippen LogP contribution in [0.4, 0.5) is 4.79 Å². The summed E-state index contributed by atoms with van der Waals surface area (Å²) in [5.41, 5.74) is -1.27. The molecule has 0 aliphatic heterocycles. The molecule has 0 bridgehead atoms. The smallest absolute Gasteiger partial charge is 0.328 e. The van der Waals surface area contributed by atoms with Crippen molar-refractivity contribution in [1.29, 1.82) is 0 Å². The molecule has 0 spiro atoms. The predicted molar refractivity (Wildman–Crippen MR) is 49.0 cm³/mol. The van der Waals surface area contributed by atoms with E-state index in [1.165, 1.54) is 13.8 Å². The number of halogens is 1. The second-order valence-electron chi connectivity index (χ2n) is 3.00. The molecule has 6 heteroatoms. The van der Waals surface area contributed by atoms with Crippen LogP contribution in [0.2, 0.25) is 0 Å². The van der Waals surface area contributed by atoms with Crippen molar-refractivity contribution in [1.82, 2.24) is 10.6 Å². The molecule has 0 heterocycles. The zero-order valence-electron chi connectivity index (χ0n) is 7.56. The summed E-state index contributed by atoms with van der Waals surface area (Å²) in [5.74, 6) is -0.797. The van der Waals surface area contributed by atoms with Crippen LogP contribution in [-0.4, -0.2) is 35.1 Å². The minimum atomic E-state index is -1.27. The monoisotopic (exact) mass is 208 g/mol. The summed E-state index contributed by atoms with van der Waals surface area (Å²) in [6.45, 7) is 3.11. The molecule has 5 nitrogen and oxygen atoms in total. The van der Waals surface area contributed by atoms with Gasteiger partial charge in [-0.1, -0.05) is 0 Å². The summed E-state index contributed by atoms with van der Waals surface area (Å²) in [5, 5.41) is 13.3. The molecular formula is C7H13ClN2O3. The van der Waals surface area contributed by atoms with Crippen LogP contribution in [0.15, 0.2) is 0 Å². The van der Waals surface area contributed by atoms with E-state index >= 15 is 0 Å². The molecule has 0 aliphatic rings. The van der Waals surface area contributed by atoms with E-state index in [0.29, 0.717) is 12.4 Å². The highest BCUT2D eigenvalue weighted by Gasteiger charge is 2.28. The summed E-state index contributed by atoms with van der Waals surface area (Å²) in [7, 11) is 0. The molecule has 0 rings (SSSR count). The molecule has 0 aromatic carbocycles. The van der Waals surface area contributed by atoms with Crippen LogP contribution in [0.5, 0.6) is 0 Å². The molecule has 0 aliphatic carbocycles. The van der Waals surface area contributed by atoms with E-state index in [0.717, 1.165) is 0 Å². The number of urea groups is 1. The van der Waals surface area contributed by atoms with Crippen LogP contribution < -0.4 is 10.6 Å². The largest absolute Gasteiger partial charge is 0.480 e. The van der Waals surface area contributed by atoms with Gasteiger partial charge in [0, 0.05) is 12.4 Å². The minimum Gasteiger partial charge on any atom is -0.480 e. The lowest BCUT2D eigenvalue weighted by atomic mass is 10.1. The van der Waals surface area contributed by atoms with Gasteiger partial charge in [-0.3, -0.25) is 0 Å². The Morgan fingerprint density at radius 2 is 2.00 bits per heavy atom. The van der Waals surface area contributed by atoms with Crippen molar-refractivity contribution in [3.63, 3.8) is 0 Å². The first kappa shape index (κ1) is 12.0. The quantitative estimate of drug-likeness (QED) is 0.585. The molecule has 0 atom stereocenters. The standard InChI is InChI=1S/C7H13ClN2O3/c1-7(2,5(11)12)10-6(13)9-4-3-8/h3-4H2,1-2H3,(H,11,12)(H2,9,10,13). The molecule has 0 aromatic rings. The number of amides is 2. The highest BCUT2D eigenvalue weighted by molar-refractivity contribution is 6.18. The average Bonchev–Trinajstić information content (AvgIpc) is 1.99. The predicted octanol–water partition coefficient (Wildman–Crippen LogP) is 0.388. The van der Waals surface area contributed by atoms with Crippen LogP contribution in [0.25, 0.3) is 0 Å². The van der Waals surface area contributed by atoms with Gasteiger partial charge in [-0.25, -0.2) is 9.59 Å². The molecule has 0 fully saturated rings. The maximum Gasteiger partial charge on any atom is 0.328 e. The van der Waals surface area contributed by atoms with Gasteiger partial charge in [0.05, 0.1) is 0 Å². The number of alkyl halides is 1. The van der Waals surface area contributed by atoms with Gasteiger partial charge < -0.3 is 15.7 Å². The zero-order valence-corrected chi connectivity index (χ0v) is 8.31. The van der Waals surface area contributed by atoms with Gasteiger partial charge in [-0.2, -0.15) is 0 Å². The Balaban J connectivity index is 3.97. The number of carbonyl (C=O) groups excluding carboxylic acids is 1. The fraction of sp³-hybridized carbons (Fsp3) is 0.714. The first-order valence-electron chi connectivity index (χ1n) is 3.75. The summed E-state index contributed by atoms with van der Waals surface area (Å²) in [6, 6.07) is -0.534. The molecule has 0 saturated carbocycles. The van der Waals surface area contributed by atoms with E-state index in [9.17, 15) is 9.59 Å². The van der Waals surface area contributed by atoms with Crippen molar-refractivity contribution in [2.75, 3.05) is 12.4 Å². The molecule has 0 radical (unpaired) electrons. The Labute approximate surface area is 81.4 Å². The minimum absolute atomic E-state index is 0.293. The topological polar surface area (TPSA) is 78.4 Å². The van der Waals surface area contributed by atoms with Crippen molar-refractivity contribution < 1.29 is 14.7 Å². The van der Waals surface area contributed by atoms with Crippen molar-refractivity contribution in [2.24, 2.45) is 0 Å². The lowest BCUT2D eigenvalue weighted by Gasteiger charge is -2.20. The maximum atomic E-state index is 11.0. The highest BCUT2D eigenvalue weighted by atomic mass is 35.5. The Bertz CT molecular complexity index is 206. The van der Waals surface area contributed by atoms with Gasteiger partial charge in [0.25, 0.3) is 0 Å².